The van der Waals surface area contributed by atoms with Crippen LogP contribution in [0.15, 0.2) is 23.3 Å². The van der Waals surface area contributed by atoms with Crippen molar-refractivity contribution in [3.63, 3.8) is 0 Å². The highest BCUT2D eigenvalue weighted by molar-refractivity contribution is 7.80. The number of hydrogen-bond donors (Lipinski definition) is 3. The van der Waals surface area contributed by atoms with Crippen molar-refractivity contribution in [1.82, 2.24) is 10.7 Å². The molecule has 0 spiro atoms. The van der Waals surface area contributed by atoms with Gasteiger partial charge < -0.3 is 10.4 Å². The minimum absolute atomic E-state index is 0.0214. The normalized spacial score (nSPS) is 11.2. The Morgan fingerprint density at radius 1 is 1.50 bits per heavy atom. The fourth-order valence-electron chi connectivity index (χ4n) is 1.27. The van der Waals surface area contributed by atoms with E-state index in [1.54, 1.807) is 6.92 Å². The predicted octanol–water partition coefficient (Wildman–Crippen LogP) is 2.13. The van der Waals surface area contributed by atoms with E-state index >= 15 is 0 Å². The number of halogens is 1. The average molecular weight is 269 g/mol. The third-order valence-corrected chi connectivity index (χ3v) is 2.44. The summed E-state index contributed by atoms with van der Waals surface area (Å²) in [6, 6.07) is 3.70. The van der Waals surface area contributed by atoms with Crippen LogP contribution in [0.25, 0.3) is 0 Å². The molecule has 4 nitrogen and oxygen atoms in total. The first-order valence-electron chi connectivity index (χ1n) is 5.61. The first-order chi connectivity index (χ1) is 8.54. The summed E-state index contributed by atoms with van der Waals surface area (Å²) in [5.74, 6) is -0.448. The molecule has 0 saturated heterocycles. The van der Waals surface area contributed by atoms with E-state index in [1.165, 1.54) is 18.2 Å². The molecule has 0 fully saturated rings. The standard InChI is InChI=1S/C12H16FN3OS/c1-3-6-14-12(18)16-15-8(2)10-7-9(13)4-5-11(10)17/h4-5,7,17H,3,6H2,1-2H3,(H2,14,16,18)/b15-8+. The number of nitrogens with zero attached hydrogens (tertiary/aromatic N) is 1. The smallest absolute Gasteiger partial charge is 0.186 e. The lowest BCUT2D eigenvalue weighted by atomic mass is 10.1. The number of thiocarbonyl (C=S) groups is 1. The van der Waals surface area contributed by atoms with E-state index in [4.69, 9.17) is 12.2 Å². The summed E-state index contributed by atoms with van der Waals surface area (Å²) in [4.78, 5) is 0. The number of aromatic hydroxyl groups is 1. The second-order valence-corrected chi connectivity index (χ2v) is 4.13. The average Bonchev–Trinajstić information content (AvgIpc) is 2.36. The maximum atomic E-state index is 13.0. The zero-order valence-corrected chi connectivity index (χ0v) is 11.1. The van der Waals surface area contributed by atoms with Crippen molar-refractivity contribution in [3.8, 4) is 5.75 Å². The van der Waals surface area contributed by atoms with Gasteiger partial charge in [-0.25, -0.2) is 4.39 Å². The second-order valence-electron chi connectivity index (χ2n) is 3.73. The molecule has 98 valence electrons. The molecule has 0 bridgehead atoms. The van der Waals surface area contributed by atoms with E-state index in [2.05, 4.69) is 15.8 Å². The van der Waals surface area contributed by atoms with Crippen molar-refractivity contribution in [1.29, 1.82) is 0 Å². The molecule has 0 aliphatic rings. The van der Waals surface area contributed by atoms with Gasteiger partial charge in [0.25, 0.3) is 0 Å². The summed E-state index contributed by atoms with van der Waals surface area (Å²) in [6.45, 7) is 4.43. The zero-order chi connectivity index (χ0) is 13.5. The number of benzene rings is 1. The van der Waals surface area contributed by atoms with Crippen molar-refractivity contribution < 1.29 is 9.50 Å². The minimum atomic E-state index is -0.427. The molecule has 0 radical (unpaired) electrons. The van der Waals surface area contributed by atoms with Gasteiger partial charge in [0.05, 0.1) is 5.71 Å². The molecule has 0 aliphatic heterocycles. The van der Waals surface area contributed by atoms with E-state index in [-0.39, 0.29) is 5.75 Å². The lowest BCUT2D eigenvalue weighted by Crippen LogP contribution is -2.33. The van der Waals surface area contributed by atoms with Gasteiger partial charge in [-0.3, -0.25) is 5.43 Å². The second kappa shape index (κ2) is 6.90. The molecule has 3 N–H and O–H groups in total. The van der Waals surface area contributed by atoms with Crippen LogP contribution in [0, 0.1) is 5.82 Å². The summed E-state index contributed by atoms with van der Waals surface area (Å²) in [6.07, 6.45) is 0.954. The van der Waals surface area contributed by atoms with Crippen LogP contribution in [0.2, 0.25) is 0 Å². The highest BCUT2D eigenvalue weighted by Gasteiger charge is 2.06. The molecule has 1 rings (SSSR count). The van der Waals surface area contributed by atoms with Gasteiger partial charge in [0.2, 0.25) is 0 Å². The van der Waals surface area contributed by atoms with Crippen LogP contribution in [0.4, 0.5) is 4.39 Å². The molecule has 0 amide bonds. The molecule has 0 aliphatic carbocycles. The minimum Gasteiger partial charge on any atom is -0.507 e. The molecule has 1 aromatic carbocycles. The summed E-state index contributed by atoms with van der Waals surface area (Å²) in [5, 5.41) is 16.9. The van der Waals surface area contributed by atoms with E-state index in [9.17, 15) is 9.50 Å². The first-order valence-corrected chi connectivity index (χ1v) is 6.02. The van der Waals surface area contributed by atoms with E-state index < -0.39 is 5.82 Å². The fraction of sp³-hybridized carbons (Fsp3) is 0.333. The maximum Gasteiger partial charge on any atom is 0.186 e. The zero-order valence-electron chi connectivity index (χ0n) is 10.3. The predicted molar refractivity (Wildman–Crippen MR) is 74.3 cm³/mol. The number of phenolic OH excluding ortho intramolecular Hbond substituents is 1. The topological polar surface area (TPSA) is 56.7 Å². The van der Waals surface area contributed by atoms with E-state index in [0.29, 0.717) is 16.4 Å². The third kappa shape index (κ3) is 4.29. The summed E-state index contributed by atoms with van der Waals surface area (Å²) in [5.41, 5.74) is 3.42. The van der Waals surface area contributed by atoms with Gasteiger partial charge in [-0.05, 0) is 43.8 Å². The highest BCUT2D eigenvalue weighted by Crippen LogP contribution is 2.18. The van der Waals surface area contributed by atoms with Crippen LogP contribution < -0.4 is 10.7 Å². The van der Waals surface area contributed by atoms with Gasteiger partial charge in [-0.2, -0.15) is 5.10 Å². The van der Waals surface area contributed by atoms with Gasteiger partial charge in [0, 0.05) is 12.1 Å². The quantitative estimate of drug-likeness (QED) is 0.445. The summed E-state index contributed by atoms with van der Waals surface area (Å²) >= 11 is 4.98. The Balaban J connectivity index is 2.71. The Morgan fingerprint density at radius 2 is 2.22 bits per heavy atom. The molecule has 1 aromatic rings. The molecular formula is C12H16FN3OS. The van der Waals surface area contributed by atoms with E-state index in [0.717, 1.165) is 13.0 Å². The SMILES string of the molecule is CCCNC(=S)N/N=C(\C)c1cc(F)ccc1O. The van der Waals surface area contributed by atoms with Crippen LogP contribution in [-0.4, -0.2) is 22.5 Å². The number of hydrazone groups is 1. The van der Waals surface area contributed by atoms with Gasteiger partial charge in [-0.1, -0.05) is 6.92 Å². The summed E-state index contributed by atoms with van der Waals surface area (Å²) < 4.78 is 13.0. The molecule has 0 heterocycles. The Morgan fingerprint density at radius 3 is 2.89 bits per heavy atom. The van der Waals surface area contributed by atoms with Crippen molar-refractivity contribution in [2.75, 3.05) is 6.54 Å². The third-order valence-electron chi connectivity index (χ3n) is 2.21. The van der Waals surface area contributed by atoms with Crippen molar-refractivity contribution >= 4 is 23.0 Å². The van der Waals surface area contributed by atoms with Crippen LogP contribution in [-0.2, 0) is 0 Å². The van der Waals surface area contributed by atoms with Crippen molar-refractivity contribution in [2.24, 2.45) is 5.10 Å². The molecular weight excluding hydrogens is 253 g/mol. The van der Waals surface area contributed by atoms with Gasteiger partial charge in [-0.15, -0.1) is 0 Å². The molecule has 0 unspecified atom stereocenters. The molecule has 0 atom stereocenters. The Kier molecular flexibility index (Phi) is 5.51. The molecule has 0 aromatic heterocycles. The monoisotopic (exact) mass is 269 g/mol. The fourth-order valence-corrected chi connectivity index (χ4v) is 1.42. The number of hydrogen-bond acceptors (Lipinski definition) is 3. The van der Waals surface area contributed by atoms with E-state index in [1.807, 2.05) is 6.92 Å². The highest BCUT2D eigenvalue weighted by atomic mass is 32.1. The first kappa shape index (κ1) is 14.4. The van der Waals surface area contributed by atoms with Gasteiger partial charge in [0.15, 0.2) is 5.11 Å². The molecule has 6 heteroatoms. The van der Waals surface area contributed by atoms with Crippen LogP contribution in [0.3, 0.4) is 0 Å². The van der Waals surface area contributed by atoms with Gasteiger partial charge >= 0.3 is 0 Å². The van der Waals surface area contributed by atoms with Gasteiger partial charge in [0.1, 0.15) is 11.6 Å². The number of rotatable bonds is 4. The lowest BCUT2D eigenvalue weighted by Gasteiger charge is -2.07. The van der Waals surface area contributed by atoms with Crippen molar-refractivity contribution in [2.45, 2.75) is 20.3 Å². The van der Waals surface area contributed by atoms with Crippen LogP contribution in [0.5, 0.6) is 5.75 Å². The Bertz CT molecular complexity index is 463. The Labute approximate surface area is 111 Å². The Hall–Kier alpha value is -1.69. The molecule has 18 heavy (non-hydrogen) atoms. The van der Waals surface area contributed by atoms with Crippen molar-refractivity contribution in [3.05, 3.63) is 29.6 Å². The molecule has 0 saturated carbocycles. The van der Waals surface area contributed by atoms with Crippen LogP contribution in [0.1, 0.15) is 25.8 Å². The summed E-state index contributed by atoms with van der Waals surface area (Å²) in [7, 11) is 0. The largest absolute Gasteiger partial charge is 0.507 e. The number of nitrogens with one attached hydrogen (secondary N) is 2. The van der Waals surface area contributed by atoms with Crippen LogP contribution >= 0.6 is 12.2 Å². The maximum absolute atomic E-state index is 13.0. The number of phenols is 1. The lowest BCUT2D eigenvalue weighted by molar-refractivity contribution is 0.471.